The van der Waals surface area contributed by atoms with E-state index in [1.807, 2.05) is 41.4 Å². The molecule has 0 saturated carbocycles. The van der Waals surface area contributed by atoms with E-state index in [-0.39, 0.29) is 5.91 Å². The molecule has 9 heteroatoms. The largest absolute Gasteiger partial charge is 0.356 e. The third kappa shape index (κ3) is 4.98. The molecule has 31 heavy (non-hydrogen) atoms. The summed E-state index contributed by atoms with van der Waals surface area (Å²) in [5.41, 5.74) is 1.54. The van der Waals surface area contributed by atoms with E-state index >= 15 is 0 Å². The summed E-state index contributed by atoms with van der Waals surface area (Å²) in [6.07, 6.45) is 6.22. The summed E-state index contributed by atoms with van der Waals surface area (Å²) < 4.78 is 1.88. The topological polar surface area (TPSA) is 75.9 Å². The zero-order valence-corrected chi connectivity index (χ0v) is 19.8. The van der Waals surface area contributed by atoms with Crippen molar-refractivity contribution < 1.29 is 4.79 Å². The molecular weight excluding hydrogens is 428 g/mol. The van der Waals surface area contributed by atoms with Crippen LogP contribution in [0.5, 0.6) is 0 Å². The lowest BCUT2D eigenvalue weighted by Gasteiger charge is -2.18. The number of amides is 1. The van der Waals surface area contributed by atoms with Crippen LogP contribution in [-0.4, -0.2) is 56.8 Å². The second-order valence-electron chi connectivity index (χ2n) is 7.75. The highest BCUT2D eigenvalue weighted by atomic mass is 32.2. The van der Waals surface area contributed by atoms with Gasteiger partial charge < -0.3 is 10.2 Å². The van der Waals surface area contributed by atoms with Gasteiger partial charge in [-0.3, -0.25) is 4.79 Å². The molecule has 164 valence electrons. The maximum atomic E-state index is 12.6. The normalized spacial score (nSPS) is 14.0. The highest BCUT2D eigenvalue weighted by molar-refractivity contribution is 7.99. The Morgan fingerprint density at radius 3 is 2.71 bits per heavy atom. The molecule has 0 atom stereocenters. The van der Waals surface area contributed by atoms with Crippen molar-refractivity contribution in [3.05, 3.63) is 36.0 Å². The molecule has 7 nitrogen and oxygen atoms in total. The Morgan fingerprint density at radius 1 is 1.19 bits per heavy atom. The Morgan fingerprint density at radius 2 is 1.97 bits per heavy atom. The minimum atomic E-state index is -0.0650. The summed E-state index contributed by atoms with van der Waals surface area (Å²) in [6, 6.07) is 7.66. The molecule has 1 aromatic carbocycles. The zero-order valence-electron chi connectivity index (χ0n) is 18.2. The van der Waals surface area contributed by atoms with Gasteiger partial charge in [-0.2, -0.15) is 5.10 Å². The van der Waals surface area contributed by atoms with E-state index in [9.17, 15) is 4.79 Å². The van der Waals surface area contributed by atoms with E-state index in [1.54, 1.807) is 23.5 Å². The van der Waals surface area contributed by atoms with Crippen molar-refractivity contribution in [3.8, 4) is 0 Å². The molecule has 4 rings (SSSR count). The van der Waals surface area contributed by atoms with E-state index in [2.05, 4.69) is 29.2 Å². The van der Waals surface area contributed by atoms with Gasteiger partial charge in [-0.05, 0) is 31.2 Å². The number of nitrogens with one attached hydrogen (secondary N) is 1. The van der Waals surface area contributed by atoms with Crippen LogP contribution in [0.3, 0.4) is 0 Å². The van der Waals surface area contributed by atoms with Gasteiger partial charge in [0.05, 0.1) is 23.7 Å². The van der Waals surface area contributed by atoms with Crippen molar-refractivity contribution in [3.63, 3.8) is 0 Å². The van der Waals surface area contributed by atoms with Gasteiger partial charge in [-0.25, -0.2) is 14.6 Å². The molecule has 3 aromatic rings. The first kappa shape index (κ1) is 22.0. The third-order valence-electron chi connectivity index (χ3n) is 5.16. The van der Waals surface area contributed by atoms with E-state index < -0.39 is 0 Å². The number of hydrogen-bond acceptors (Lipinski definition) is 7. The number of anilines is 1. The minimum absolute atomic E-state index is 0.0650. The number of carbonyl (C=O) groups excluding carboxylic acids is 1. The lowest BCUT2D eigenvalue weighted by Crippen LogP contribution is -2.28. The van der Waals surface area contributed by atoms with Gasteiger partial charge in [0.2, 0.25) is 0 Å². The van der Waals surface area contributed by atoms with Crippen LogP contribution in [0.15, 0.2) is 40.5 Å². The molecule has 0 aliphatic carbocycles. The number of rotatable bonds is 8. The van der Waals surface area contributed by atoms with Crippen LogP contribution >= 0.6 is 23.5 Å². The molecule has 0 bridgehead atoms. The van der Waals surface area contributed by atoms with Crippen molar-refractivity contribution in [1.29, 1.82) is 0 Å². The smallest absolute Gasteiger partial charge is 0.252 e. The van der Waals surface area contributed by atoms with Gasteiger partial charge in [0.25, 0.3) is 5.91 Å². The van der Waals surface area contributed by atoms with Gasteiger partial charge in [0, 0.05) is 29.8 Å². The number of hydrogen-bond donors (Lipinski definition) is 1. The van der Waals surface area contributed by atoms with E-state index in [0.29, 0.717) is 23.9 Å². The molecule has 1 fully saturated rings. The average Bonchev–Trinajstić information content (AvgIpc) is 3.43. The van der Waals surface area contributed by atoms with Crippen LogP contribution in [0.2, 0.25) is 0 Å². The van der Waals surface area contributed by atoms with Crippen molar-refractivity contribution in [1.82, 2.24) is 25.1 Å². The number of nitrogens with zero attached hydrogens (tertiary/aromatic N) is 5. The quantitative estimate of drug-likeness (QED) is 0.404. The first-order valence-electron chi connectivity index (χ1n) is 10.6. The number of carbonyl (C=O) groups is 1. The van der Waals surface area contributed by atoms with E-state index in [4.69, 9.17) is 9.97 Å². The number of fused-ring (bicyclic) bond motifs is 1. The summed E-state index contributed by atoms with van der Waals surface area (Å²) in [7, 11) is 0. The molecule has 1 saturated heterocycles. The van der Waals surface area contributed by atoms with Crippen LogP contribution in [-0.2, 0) is 6.54 Å². The molecule has 2 aromatic heterocycles. The maximum absolute atomic E-state index is 12.6. The minimum Gasteiger partial charge on any atom is -0.356 e. The first-order chi connectivity index (χ1) is 15.1. The zero-order chi connectivity index (χ0) is 21.8. The summed E-state index contributed by atoms with van der Waals surface area (Å²) >= 11 is 3.24. The molecule has 3 heterocycles. The lowest BCUT2D eigenvalue weighted by molar-refractivity contribution is 0.0949. The second kappa shape index (κ2) is 9.91. The summed E-state index contributed by atoms with van der Waals surface area (Å²) in [4.78, 5) is 25.6. The predicted octanol–water partition coefficient (Wildman–Crippen LogP) is 4.08. The summed E-state index contributed by atoms with van der Waals surface area (Å²) in [5, 5.41) is 9.76. The van der Waals surface area contributed by atoms with Crippen molar-refractivity contribution >= 4 is 46.3 Å². The molecule has 1 aliphatic rings. The van der Waals surface area contributed by atoms with Gasteiger partial charge in [0.15, 0.2) is 10.8 Å². The number of aromatic nitrogens is 4. The maximum Gasteiger partial charge on any atom is 0.252 e. The molecular formula is C22H28N6OS2. The Kier molecular flexibility index (Phi) is 7.02. The second-order valence-corrected chi connectivity index (χ2v) is 10.1. The predicted molar refractivity (Wildman–Crippen MR) is 128 cm³/mol. The Hall–Kier alpha value is -2.26. The molecule has 1 amide bonds. The van der Waals surface area contributed by atoms with Gasteiger partial charge in [-0.15, -0.1) is 11.8 Å². The molecule has 0 unspecified atom stereocenters. The molecule has 1 aliphatic heterocycles. The van der Waals surface area contributed by atoms with Crippen LogP contribution in [0, 0.1) is 0 Å². The van der Waals surface area contributed by atoms with Crippen LogP contribution in [0.1, 0.15) is 37.0 Å². The van der Waals surface area contributed by atoms with E-state index in [1.165, 1.54) is 12.8 Å². The standard InChI is InChI=1S/C22H28N6OS2/c1-15(2)31-22-25-19(27-11-6-7-12-27)17-14-24-28(20(17)26-22)13-10-23-21(29)16-8-4-5-9-18(16)30-3/h4-5,8-9,14-15H,6-7,10-13H2,1-3H3,(H,23,29). The van der Waals surface area contributed by atoms with Gasteiger partial charge >= 0.3 is 0 Å². The highest BCUT2D eigenvalue weighted by Gasteiger charge is 2.21. The lowest BCUT2D eigenvalue weighted by atomic mass is 10.2. The fraction of sp³-hybridized carbons (Fsp3) is 0.455. The van der Waals surface area contributed by atoms with Gasteiger partial charge in [-0.1, -0.05) is 37.7 Å². The van der Waals surface area contributed by atoms with Crippen LogP contribution < -0.4 is 10.2 Å². The fourth-order valence-corrected chi connectivity index (χ4v) is 5.02. The van der Waals surface area contributed by atoms with Crippen molar-refractivity contribution in [2.45, 2.75) is 48.5 Å². The molecule has 1 N–H and O–H groups in total. The fourth-order valence-electron chi connectivity index (χ4n) is 3.72. The Bertz CT molecular complexity index is 1060. The number of benzene rings is 1. The van der Waals surface area contributed by atoms with Gasteiger partial charge in [0.1, 0.15) is 5.82 Å². The Balaban J connectivity index is 1.53. The summed E-state index contributed by atoms with van der Waals surface area (Å²) in [6.45, 7) is 7.37. The first-order valence-corrected chi connectivity index (χ1v) is 12.7. The van der Waals surface area contributed by atoms with Crippen LogP contribution in [0.25, 0.3) is 11.0 Å². The Labute approximate surface area is 191 Å². The monoisotopic (exact) mass is 456 g/mol. The summed E-state index contributed by atoms with van der Waals surface area (Å²) in [5.74, 6) is 0.916. The molecule has 0 radical (unpaired) electrons. The van der Waals surface area contributed by atoms with E-state index in [0.717, 1.165) is 40.0 Å². The van der Waals surface area contributed by atoms with Crippen molar-refractivity contribution in [2.24, 2.45) is 0 Å². The van der Waals surface area contributed by atoms with Crippen molar-refractivity contribution in [2.75, 3.05) is 30.8 Å². The highest BCUT2D eigenvalue weighted by Crippen LogP contribution is 2.30. The SMILES string of the molecule is CSc1ccccc1C(=O)NCCn1ncc2c(N3CCCC3)nc(SC(C)C)nc21. The van der Waals surface area contributed by atoms with Crippen LogP contribution in [0.4, 0.5) is 5.82 Å². The average molecular weight is 457 g/mol. The number of thioether (sulfide) groups is 2. The third-order valence-corrected chi connectivity index (χ3v) is 6.82. The molecule has 0 spiro atoms.